The summed E-state index contributed by atoms with van der Waals surface area (Å²) in [7, 11) is 0. The van der Waals surface area contributed by atoms with Gasteiger partial charge in [-0.25, -0.2) is 0 Å². The fourth-order valence-corrected chi connectivity index (χ4v) is 3.83. The van der Waals surface area contributed by atoms with Crippen molar-refractivity contribution in [1.82, 2.24) is 15.5 Å². The van der Waals surface area contributed by atoms with Crippen LogP contribution in [0.15, 0.2) is 34.9 Å². The minimum Gasteiger partial charge on any atom is -0.347 e. The lowest BCUT2D eigenvalue weighted by molar-refractivity contribution is -0.123. The molecule has 1 amide bonds. The first-order valence-electron chi connectivity index (χ1n) is 9.44. The fraction of sp³-hybridized carbons (Fsp3) is 0.550. The summed E-state index contributed by atoms with van der Waals surface area (Å²) in [6.45, 7) is 0. The molecule has 5 nitrogen and oxygen atoms in total. The van der Waals surface area contributed by atoms with E-state index >= 15 is 0 Å². The van der Waals surface area contributed by atoms with Gasteiger partial charge in [0, 0.05) is 18.8 Å². The van der Waals surface area contributed by atoms with Crippen LogP contribution in [-0.2, 0) is 16.8 Å². The summed E-state index contributed by atoms with van der Waals surface area (Å²) in [6, 6.07) is 10.4. The van der Waals surface area contributed by atoms with Gasteiger partial charge in [-0.3, -0.25) is 4.79 Å². The van der Waals surface area contributed by atoms with Gasteiger partial charge in [-0.1, -0.05) is 48.3 Å². The second-order valence-electron chi connectivity index (χ2n) is 7.38. The van der Waals surface area contributed by atoms with E-state index in [-0.39, 0.29) is 11.4 Å². The molecule has 4 rings (SSSR count). The Hall–Kier alpha value is -2.17. The number of rotatable bonds is 7. The number of hydrogen-bond donors (Lipinski definition) is 1. The van der Waals surface area contributed by atoms with E-state index in [1.807, 2.05) is 6.07 Å². The molecule has 1 N–H and O–H groups in total. The van der Waals surface area contributed by atoms with Crippen molar-refractivity contribution >= 4 is 5.91 Å². The second kappa shape index (κ2) is 6.98. The smallest absolute Gasteiger partial charge is 0.226 e. The summed E-state index contributed by atoms with van der Waals surface area (Å²) in [5.74, 6) is 2.13. The maximum atomic E-state index is 12.5. The summed E-state index contributed by atoms with van der Waals surface area (Å²) in [6.07, 6.45) is 8.63. The topological polar surface area (TPSA) is 68.0 Å². The van der Waals surface area contributed by atoms with Crippen molar-refractivity contribution < 1.29 is 9.32 Å². The molecule has 1 heterocycles. The third-order valence-corrected chi connectivity index (χ3v) is 5.38. The van der Waals surface area contributed by atoms with Gasteiger partial charge in [-0.05, 0) is 37.7 Å². The summed E-state index contributed by atoms with van der Waals surface area (Å²) >= 11 is 0. The van der Waals surface area contributed by atoms with E-state index in [4.69, 9.17) is 4.52 Å². The molecule has 2 aliphatic rings. The number of benzene rings is 1. The zero-order chi connectivity index (χ0) is 17.1. The lowest BCUT2D eigenvalue weighted by Crippen LogP contribution is -2.43. The van der Waals surface area contributed by atoms with Crippen LogP contribution >= 0.6 is 0 Å². The minimum absolute atomic E-state index is 0.118. The molecule has 1 aromatic carbocycles. The molecule has 0 bridgehead atoms. The summed E-state index contributed by atoms with van der Waals surface area (Å²) < 4.78 is 5.28. The van der Waals surface area contributed by atoms with Crippen LogP contribution in [0.2, 0.25) is 0 Å². The monoisotopic (exact) mass is 339 g/mol. The fourth-order valence-electron chi connectivity index (χ4n) is 3.83. The zero-order valence-corrected chi connectivity index (χ0v) is 14.5. The van der Waals surface area contributed by atoms with Gasteiger partial charge >= 0.3 is 0 Å². The van der Waals surface area contributed by atoms with Crippen molar-refractivity contribution in [3.63, 3.8) is 0 Å². The predicted molar refractivity (Wildman–Crippen MR) is 93.9 cm³/mol. The van der Waals surface area contributed by atoms with Crippen molar-refractivity contribution in [3.05, 3.63) is 47.6 Å². The molecular weight excluding hydrogens is 314 g/mol. The number of carbonyl (C=O) groups excluding carboxylic acids is 1. The molecule has 2 aromatic rings. The van der Waals surface area contributed by atoms with E-state index < -0.39 is 0 Å². The van der Waals surface area contributed by atoms with Gasteiger partial charge in [0.15, 0.2) is 5.82 Å². The van der Waals surface area contributed by atoms with Crippen molar-refractivity contribution in [2.75, 3.05) is 0 Å². The van der Waals surface area contributed by atoms with Crippen molar-refractivity contribution in [2.24, 2.45) is 0 Å². The summed E-state index contributed by atoms with van der Waals surface area (Å²) in [4.78, 5) is 16.9. The van der Waals surface area contributed by atoms with E-state index in [0.29, 0.717) is 24.7 Å². The molecule has 1 aromatic heterocycles. The Morgan fingerprint density at radius 1 is 1.20 bits per heavy atom. The average Bonchev–Trinajstić information content (AvgIpc) is 3.19. The van der Waals surface area contributed by atoms with Gasteiger partial charge in [0.1, 0.15) is 0 Å². The molecular formula is C20H25N3O2. The zero-order valence-electron chi connectivity index (χ0n) is 14.5. The van der Waals surface area contributed by atoms with Gasteiger partial charge in [0.2, 0.25) is 11.8 Å². The number of nitrogens with one attached hydrogen (secondary N) is 1. The number of carbonyl (C=O) groups is 1. The van der Waals surface area contributed by atoms with Crippen molar-refractivity contribution in [1.29, 1.82) is 0 Å². The van der Waals surface area contributed by atoms with E-state index in [0.717, 1.165) is 25.1 Å². The van der Waals surface area contributed by atoms with E-state index in [9.17, 15) is 4.79 Å². The van der Waals surface area contributed by atoms with Gasteiger partial charge in [-0.15, -0.1) is 0 Å². The summed E-state index contributed by atoms with van der Waals surface area (Å²) in [5, 5.41) is 7.35. The molecule has 25 heavy (non-hydrogen) atoms. The largest absolute Gasteiger partial charge is 0.347 e. The highest BCUT2D eigenvalue weighted by atomic mass is 16.5. The van der Waals surface area contributed by atoms with Crippen molar-refractivity contribution in [3.8, 4) is 0 Å². The van der Waals surface area contributed by atoms with Gasteiger partial charge in [0.25, 0.3) is 0 Å². The van der Waals surface area contributed by atoms with Crippen LogP contribution in [0, 0.1) is 0 Å². The van der Waals surface area contributed by atoms with Crippen molar-refractivity contribution in [2.45, 2.75) is 69.2 Å². The van der Waals surface area contributed by atoms with Crippen LogP contribution in [0.25, 0.3) is 0 Å². The maximum absolute atomic E-state index is 12.5. The Morgan fingerprint density at radius 3 is 2.68 bits per heavy atom. The number of nitrogens with zero attached hydrogens (tertiary/aromatic N) is 2. The molecule has 0 atom stereocenters. The van der Waals surface area contributed by atoms with Crippen LogP contribution in [0.3, 0.4) is 0 Å². The van der Waals surface area contributed by atoms with E-state index in [1.54, 1.807) is 0 Å². The van der Waals surface area contributed by atoms with E-state index in [1.165, 1.54) is 31.2 Å². The molecule has 2 aliphatic carbocycles. The highest BCUT2D eigenvalue weighted by Crippen LogP contribution is 2.39. The van der Waals surface area contributed by atoms with Crippen LogP contribution < -0.4 is 5.32 Å². The van der Waals surface area contributed by atoms with Gasteiger partial charge < -0.3 is 9.84 Å². The second-order valence-corrected chi connectivity index (χ2v) is 7.38. The van der Waals surface area contributed by atoms with Crippen LogP contribution in [0.1, 0.15) is 74.6 Å². The van der Waals surface area contributed by atoms with Crippen LogP contribution in [0.4, 0.5) is 0 Å². The number of amides is 1. The Bertz CT molecular complexity index is 716. The quantitative estimate of drug-likeness (QED) is 0.832. The molecule has 0 spiro atoms. The Kier molecular flexibility index (Phi) is 4.55. The Balaban J connectivity index is 1.31. The van der Waals surface area contributed by atoms with Gasteiger partial charge in [0.05, 0.1) is 5.54 Å². The first-order valence-corrected chi connectivity index (χ1v) is 9.44. The predicted octanol–water partition coefficient (Wildman–Crippen LogP) is 3.86. The molecule has 2 saturated carbocycles. The highest BCUT2D eigenvalue weighted by molar-refractivity contribution is 5.77. The highest BCUT2D eigenvalue weighted by Gasteiger charge is 2.36. The molecule has 132 valence electrons. The average molecular weight is 339 g/mol. The number of hydrogen-bond acceptors (Lipinski definition) is 4. The van der Waals surface area contributed by atoms with Crippen LogP contribution in [0.5, 0.6) is 0 Å². The number of aryl methyl sites for hydroxylation is 1. The molecule has 0 unspecified atom stereocenters. The first-order chi connectivity index (χ1) is 12.3. The molecule has 0 radical (unpaired) electrons. The Morgan fingerprint density at radius 2 is 1.96 bits per heavy atom. The van der Waals surface area contributed by atoms with Crippen LogP contribution in [-0.4, -0.2) is 16.0 Å². The van der Waals surface area contributed by atoms with E-state index in [2.05, 4.69) is 39.7 Å². The lowest BCUT2D eigenvalue weighted by Gasteiger charge is -2.31. The first kappa shape index (κ1) is 16.3. The lowest BCUT2D eigenvalue weighted by atomic mass is 9.88. The molecule has 5 heteroatoms. The third-order valence-electron chi connectivity index (χ3n) is 5.38. The third kappa shape index (κ3) is 3.75. The Labute approximate surface area is 148 Å². The number of aromatic nitrogens is 2. The minimum atomic E-state index is -0.179. The maximum Gasteiger partial charge on any atom is 0.226 e. The molecule has 2 fully saturated rings. The molecule has 0 aliphatic heterocycles. The normalized spacial score (nSPS) is 19.0. The van der Waals surface area contributed by atoms with Gasteiger partial charge in [-0.2, -0.15) is 4.98 Å². The standard InChI is InChI=1S/C20H25N3O2/c24-17(9-6-10-18-21-19(23-25-18)15-11-12-15)22-20(13-4-5-14-20)16-7-2-1-3-8-16/h1-3,7-8,15H,4-6,9-14H2,(H,22,24). The molecule has 0 saturated heterocycles. The summed E-state index contributed by atoms with van der Waals surface area (Å²) in [5.41, 5.74) is 1.05. The SMILES string of the molecule is O=C(CCCc1nc(C2CC2)no1)NC1(c2ccccc2)CCCC1.